The minimum Gasteiger partial charge on any atom is -0.345 e. The van der Waals surface area contributed by atoms with Crippen LogP contribution in [0.1, 0.15) is 12.5 Å². The first-order valence-electron chi connectivity index (χ1n) is 5.04. The van der Waals surface area contributed by atoms with Crippen LogP contribution in [0.15, 0.2) is 30.3 Å². The molecule has 16 heavy (non-hydrogen) atoms. The van der Waals surface area contributed by atoms with Crippen molar-refractivity contribution in [2.45, 2.75) is 12.5 Å². The Morgan fingerprint density at radius 1 is 1.44 bits per heavy atom. The second-order valence-electron chi connectivity index (χ2n) is 3.81. The normalized spacial score (nSPS) is 14.2. The summed E-state index contributed by atoms with van der Waals surface area (Å²) in [5.74, 6) is 0.563. The summed E-state index contributed by atoms with van der Waals surface area (Å²) >= 11 is 5.00. The molecule has 1 unspecified atom stereocenters. The molecule has 0 spiro atoms. The highest BCUT2D eigenvalue weighted by atomic mass is 79.9. The SMILES string of the molecule is CSCC(=O)NC(C)(CBr)c1ccccc1. The Morgan fingerprint density at radius 2 is 2.06 bits per heavy atom. The van der Waals surface area contributed by atoms with Crippen molar-refractivity contribution in [3.63, 3.8) is 0 Å². The summed E-state index contributed by atoms with van der Waals surface area (Å²) in [6, 6.07) is 10.00. The average Bonchev–Trinajstić information content (AvgIpc) is 2.30. The lowest BCUT2D eigenvalue weighted by Crippen LogP contribution is -2.45. The number of rotatable bonds is 5. The third kappa shape index (κ3) is 3.52. The van der Waals surface area contributed by atoms with E-state index in [1.54, 1.807) is 0 Å². The van der Waals surface area contributed by atoms with Gasteiger partial charge in [0.15, 0.2) is 0 Å². The lowest BCUT2D eigenvalue weighted by Gasteiger charge is -2.29. The molecule has 4 heteroatoms. The maximum atomic E-state index is 11.6. The van der Waals surface area contributed by atoms with E-state index in [1.807, 2.05) is 43.5 Å². The standard InChI is InChI=1S/C12H16BrNOS/c1-12(9-13,14-11(15)8-16-2)10-6-4-3-5-7-10/h3-7H,8-9H2,1-2H3,(H,14,15). The molecule has 0 saturated heterocycles. The fourth-order valence-corrected chi connectivity index (χ4v) is 2.26. The number of carbonyl (C=O) groups is 1. The van der Waals surface area contributed by atoms with E-state index in [-0.39, 0.29) is 11.4 Å². The Balaban J connectivity index is 2.82. The summed E-state index contributed by atoms with van der Waals surface area (Å²) in [7, 11) is 0. The number of carbonyl (C=O) groups excluding carboxylic acids is 1. The predicted octanol–water partition coefficient (Wildman–Crippen LogP) is 2.78. The molecule has 88 valence electrons. The molecular formula is C12H16BrNOS. The number of halogens is 1. The van der Waals surface area contributed by atoms with Gasteiger partial charge in [-0.1, -0.05) is 46.3 Å². The van der Waals surface area contributed by atoms with Gasteiger partial charge in [0.1, 0.15) is 0 Å². The summed E-state index contributed by atoms with van der Waals surface area (Å²) in [4.78, 5) is 11.6. The van der Waals surface area contributed by atoms with Gasteiger partial charge in [0.2, 0.25) is 5.91 Å². The molecule has 0 aliphatic carbocycles. The molecule has 0 aromatic heterocycles. The molecule has 1 amide bonds. The third-order valence-corrected chi connectivity index (χ3v) is 4.04. The van der Waals surface area contributed by atoms with E-state index in [4.69, 9.17) is 0 Å². The van der Waals surface area contributed by atoms with Gasteiger partial charge in [0.05, 0.1) is 11.3 Å². The maximum Gasteiger partial charge on any atom is 0.230 e. The maximum absolute atomic E-state index is 11.6. The van der Waals surface area contributed by atoms with Crippen LogP contribution in [0.2, 0.25) is 0 Å². The topological polar surface area (TPSA) is 29.1 Å². The molecular weight excluding hydrogens is 286 g/mol. The zero-order valence-corrected chi connectivity index (χ0v) is 11.9. The van der Waals surface area contributed by atoms with Gasteiger partial charge in [-0.25, -0.2) is 0 Å². The van der Waals surface area contributed by atoms with Gasteiger partial charge in [0.25, 0.3) is 0 Å². The zero-order valence-electron chi connectivity index (χ0n) is 9.50. The van der Waals surface area contributed by atoms with Crippen LogP contribution in [0.4, 0.5) is 0 Å². The van der Waals surface area contributed by atoms with Crippen LogP contribution in [-0.4, -0.2) is 23.2 Å². The quantitative estimate of drug-likeness (QED) is 0.847. The molecule has 1 N–H and O–H groups in total. The molecule has 1 aromatic rings. The molecule has 0 bridgehead atoms. The van der Waals surface area contributed by atoms with Crippen molar-refractivity contribution >= 4 is 33.6 Å². The molecule has 0 saturated carbocycles. The number of thioether (sulfide) groups is 1. The number of nitrogens with one attached hydrogen (secondary N) is 1. The number of hydrogen-bond donors (Lipinski definition) is 1. The first-order valence-corrected chi connectivity index (χ1v) is 7.55. The molecule has 0 aliphatic rings. The van der Waals surface area contributed by atoms with Crippen LogP contribution < -0.4 is 5.32 Å². The van der Waals surface area contributed by atoms with Crippen LogP contribution in [0.3, 0.4) is 0 Å². The van der Waals surface area contributed by atoms with Gasteiger partial charge in [-0.05, 0) is 18.7 Å². The lowest BCUT2D eigenvalue weighted by molar-refractivity contribution is -0.120. The first kappa shape index (κ1) is 13.6. The van der Waals surface area contributed by atoms with Gasteiger partial charge < -0.3 is 5.32 Å². The van der Waals surface area contributed by atoms with E-state index >= 15 is 0 Å². The molecule has 1 atom stereocenters. The number of alkyl halides is 1. The Kier molecular flexibility index (Phi) is 5.35. The minimum atomic E-state index is -0.339. The highest BCUT2D eigenvalue weighted by Gasteiger charge is 2.26. The molecule has 0 aliphatic heterocycles. The molecule has 1 rings (SSSR count). The Bertz CT molecular complexity index is 344. The first-order chi connectivity index (χ1) is 7.62. The second kappa shape index (κ2) is 6.30. The smallest absolute Gasteiger partial charge is 0.230 e. The molecule has 0 heterocycles. The van der Waals surface area contributed by atoms with Gasteiger partial charge in [-0.15, -0.1) is 0 Å². The average molecular weight is 302 g/mol. The van der Waals surface area contributed by atoms with Gasteiger partial charge in [-0.3, -0.25) is 4.79 Å². The van der Waals surface area contributed by atoms with Crippen molar-refractivity contribution in [2.75, 3.05) is 17.3 Å². The van der Waals surface area contributed by atoms with Crippen LogP contribution in [0.5, 0.6) is 0 Å². The van der Waals surface area contributed by atoms with Gasteiger partial charge in [-0.2, -0.15) is 11.8 Å². The van der Waals surface area contributed by atoms with E-state index in [9.17, 15) is 4.79 Å². The second-order valence-corrected chi connectivity index (χ2v) is 5.24. The van der Waals surface area contributed by atoms with Crippen LogP contribution in [0.25, 0.3) is 0 Å². The minimum absolute atomic E-state index is 0.0679. The van der Waals surface area contributed by atoms with Crippen molar-refractivity contribution in [2.24, 2.45) is 0 Å². The number of benzene rings is 1. The summed E-state index contributed by atoms with van der Waals surface area (Å²) in [5.41, 5.74) is 0.773. The number of amides is 1. The van der Waals surface area contributed by atoms with E-state index < -0.39 is 0 Å². The van der Waals surface area contributed by atoms with E-state index in [1.165, 1.54) is 11.8 Å². The van der Waals surface area contributed by atoms with Gasteiger partial charge in [0, 0.05) is 5.33 Å². The van der Waals surface area contributed by atoms with Crippen molar-refractivity contribution in [3.8, 4) is 0 Å². The lowest BCUT2D eigenvalue weighted by atomic mass is 9.94. The molecule has 1 aromatic carbocycles. The monoisotopic (exact) mass is 301 g/mol. The molecule has 0 fully saturated rings. The fraction of sp³-hybridized carbons (Fsp3) is 0.417. The van der Waals surface area contributed by atoms with Crippen molar-refractivity contribution in [1.29, 1.82) is 0 Å². The Hall–Kier alpha value is -0.480. The third-order valence-electron chi connectivity index (χ3n) is 2.37. The number of hydrogen-bond acceptors (Lipinski definition) is 2. The summed E-state index contributed by atoms with van der Waals surface area (Å²) in [6.45, 7) is 2.02. The van der Waals surface area contributed by atoms with Crippen molar-refractivity contribution in [3.05, 3.63) is 35.9 Å². The van der Waals surface area contributed by atoms with Crippen molar-refractivity contribution in [1.82, 2.24) is 5.32 Å². The highest BCUT2D eigenvalue weighted by Crippen LogP contribution is 2.22. The fourth-order valence-electron chi connectivity index (χ4n) is 1.46. The largest absolute Gasteiger partial charge is 0.345 e. The van der Waals surface area contributed by atoms with Crippen LogP contribution >= 0.6 is 27.7 Å². The van der Waals surface area contributed by atoms with Crippen LogP contribution in [-0.2, 0) is 10.3 Å². The van der Waals surface area contributed by atoms with Crippen molar-refractivity contribution < 1.29 is 4.79 Å². The van der Waals surface area contributed by atoms with Gasteiger partial charge >= 0.3 is 0 Å². The van der Waals surface area contributed by atoms with Crippen LogP contribution in [0, 0.1) is 0 Å². The highest BCUT2D eigenvalue weighted by molar-refractivity contribution is 9.09. The summed E-state index contributed by atoms with van der Waals surface area (Å²) in [5, 5.41) is 3.75. The van der Waals surface area contributed by atoms with E-state index in [0.717, 1.165) is 5.56 Å². The molecule has 0 radical (unpaired) electrons. The Morgan fingerprint density at radius 3 is 2.56 bits per heavy atom. The predicted molar refractivity (Wildman–Crippen MR) is 74.1 cm³/mol. The molecule has 2 nitrogen and oxygen atoms in total. The van der Waals surface area contributed by atoms with E-state index in [2.05, 4.69) is 21.2 Å². The Labute approximate surface area is 109 Å². The zero-order chi connectivity index (χ0) is 12.0. The summed E-state index contributed by atoms with van der Waals surface area (Å²) < 4.78 is 0. The summed E-state index contributed by atoms with van der Waals surface area (Å²) in [6.07, 6.45) is 1.92. The van der Waals surface area contributed by atoms with E-state index in [0.29, 0.717) is 11.1 Å².